The van der Waals surface area contributed by atoms with E-state index in [1.165, 1.54) is 0 Å². The van der Waals surface area contributed by atoms with E-state index in [9.17, 15) is 4.79 Å². The molecule has 1 amide bonds. The Hall–Kier alpha value is -0.810. The van der Waals surface area contributed by atoms with E-state index in [1.807, 2.05) is 34.6 Å². The number of aliphatic hydroxyl groups is 1. The summed E-state index contributed by atoms with van der Waals surface area (Å²) in [5.74, 6) is 0. The molecule has 1 aliphatic rings. The highest BCUT2D eigenvalue weighted by atomic mass is 16.6. The van der Waals surface area contributed by atoms with Gasteiger partial charge in [-0.25, -0.2) is 4.79 Å². The van der Waals surface area contributed by atoms with Crippen molar-refractivity contribution >= 4 is 6.09 Å². The maximum absolute atomic E-state index is 12.6. The topological polar surface area (TPSA) is 59.0 Å². The molecule has 1 fully saturated rings. The number of ether oxygens (including phenoxy) is 2. The quantitative estimate of drug-likeness (QED) is 0.792. The van der Waals surface area contributed by atoms with E-state index >= 15 is 0 Å². The van der Waals surface area contributed by atoms with E-state index in [1.54, 1.807) is 4.90 Å². The predicted octanol–water partition coefficient (Wildman–Crippen LogP) is 3.30. The van der Waals surface area contributed by atoms with Crippen molar-refractivity contribution in [2.45, 2.75) is 90.7 Å². The molecular weight excluding hydrogens is 270 g/mol. The van der Waals surface area contributed by atoms with Gasteiger partial charge in [-0.15, -0.1) is 0 Å². The molecule has 0 unspecified atom stereocenters. The average Bonchev–Trinajstić information content (AvgIpc) is 2.58. The Morgan fingerprint density at radius 1 is 1.33 bits per heavy atom. The zero-order valence-electron chi connectivity index (χ0n) is 14.3. The first-order valence-electron chi connectivity index (χ1n) is 7.93. The summed E-state index contributed by atoms with van der Waals surface area (Å²) in [6, 6.07) is 0.00593. The van der Waals surface area contributed by atoms with Crippen LogP contribution in [0.3, 0.4) is 0 Å². The van der Waals surface area contributed by atoms with Gasteiger partial charge in [0, 0.05) is 6.61 Å². The molecule has 0 bridgehead atoms. The number of nitrogens with zero attached hydrogens (tertiary/aromatic N) is 1. The van der Waals surface area contributed by atoms with Crippen LogP contribution in [0.25, 0.3) is 0 Å². The highest BCUT2D eigenvalue weighted by Crippen LogP contribution is 2.37. The minimum Gasteiger partial charge on any atom is -0.444 e. The second-order valence-electron chi connectivity index (χ2n) is 7.15. The van der Waals surface area contributed by atoms with E-state index in [-0.39, 0.29) is 24.8 Å². The highest BCUT2D eigenvalue weighted by molar-refractivity contribution is 5.70. The summed E-state index contributed by atoms with van der Waals surface area (Å²) in [6.07, 6.45) is 2.99. The molecule has 1 saturated heterocycles. The summed E-state index contributed by atoms with van der Waals surface area (Å²) >= 11 is 0. The van der Waals surface area contributed by atoms with Crippen LogP contribution in [-0.2, 0) is 9.47 Å². The van der Waals surface area contributed by atoms with Crippen LogP contribution in [0.15, 0.2) is 0 Å². The van der Waals surface area contributed by atoms with Crippen LogP contribution in [0, 0.1) is 0 Å². The van der Waals surface area contributed by atoms with Crippen LogP contribution >= 0.6 is 0 Å². The lowest BCUT2D eigenvalue weighted by Crippen LogP contribution is -2.50. The number of carbonyl (C=O) groups excluding carboxylic acids is 1. The van der Waals surface area contributed by atoms with Crippen molar-refractivity contribution in [1.82, 2.24) is 4.90 Å². The van der Waals surface area contributed by atoms with Crippen LogP contribution in [-0.4, -0.2) is 46.2 Å². The third kappa shape index (κ3) is 4.85. The minimum absolute atomic E-state index is 0.00593. The second-order valence-corrected chi connectivity index (χ2v) is 7.15. The molecule has 0 saturated carbocycles. The van der Waals surface area contributed by atoms with E-state index in [0.717, 1.165) is 25.7 Å². The lowest BCUT2D eigenvalue weighted by molar-refractivity contribution is -0.0791. The maximum Gasteiger partial charge on any atom is 0.412 e. The Morgan fingerprint density at radius 3 is 2.43 bits per heavy atom. The van der Waals surface area contributed by atoms with Gasteiger partial charge >= 0.3 is 6.09 Å². The fourth-order valence-corrected chi connectivity index (χ4v) is 2.87. The third-order valence-electron chi connectivity index (χ3n) is 3.68. The molecule has 1 rings (SSSR count). The zero-order valence-corrected chi connectivity index (χ0v) is 14.3. The Labute approximate surface area is 128 Å². The van der Waals surface area contributed by atoms with Crippen LogP contribution in [0.1, 0.15) is 67.2 Å². The van der Waals surface area contributed by atoms with Crippen LogP contribution in [0.4, 0.5) is 4.79 Å². The van der Waals surface area contributed by atoms with Crippen molar-refractivity contribution in [2.75, 3.05) is 6.61 Å². The van der Waals surface area contributed by atoms with E-state index in [4.69, 9.17) is 14.6 Å². The number of unbranched alkanes of at least 4 members (excludes halogenated alkanes) is 1. The van der Waals surface area contributed by atoms with Crippen LogP contribution in [0.5, 0.6) is 0 Å². The van der Waals surface area contributed by atoms with E-state index < -0.39 is 11.3 Å². The number of rotatable bonds is 5. The van der Waals surface area contributed by atoms with Gasteiger partial charge in [0.1, 0.15) is 11.3 Å². The van der Waals surface area contributed by atoms with Gasteiger partial charge in [0.25, 0.3) is 0 Å². The predicted molar refractivity (Wildman–Crippen MR) is 82.0 cm³/mol. The molecule has 0 aliphatic carbocycles. The van der Waals surface area contributed by atoms with Gasteiger partial charge in [0.15, 0.2) is 0 Å². The number of hydrogen-bond donors (Lipinski definition) is 1. The summed E-state index contributed by atoms with van der Waals surface area (Å²) in [5, 5.41) is 8.96. The Bertz CT molecular complexity index is 349. The summed E-state index contributed by atoms with van der Waals surface area (Å²) in [7, 11) is 0. The van der Waals surface area contributed by atoms with Crippen molar-refractivity contribution in [3.8, 4) is 0 Å². The second kappa shape index (κ2) is 6.97. The van der Waals surface area contributed by atoms with Gasteiger partial charge < -0.3 is 14.6 Å². The smallest absolute Gasteiger partial charge is 0.412 e. The Balaban J connectivity index is 2.89. The molecule has 0 aromatic rings. The number of carbonyl (C=O) groups is 1. The van der Waals surface area contributed by atoms with Crippen molar-refractivity contribution in [3.63, 3.8) is 0 Å². The highest BCUT2D eigenvalue weighted by Gasteiger charge is 2.50. The summed E-state index contributed by atoms with van der Waals surface area (Å²) < 4.78 is 11.6. The molecule has 1 N–H and O–H groups in total. The summed E-state index contributed by atoms with van der Waals surface area (Å²) in [4.78, 5) is 14.3. The van der Waals surface area contributed by atoms with Gasteiger partial charge in [0.05, 0.1) is 12.1 Å². The molecule has 1 heterocycles. The summed E-state index contributed by atoms with van der Waals surface area (Å²) in [6.45, 7) is 11.7. The lowest BCUT2D eigenvalue weighted by atomic mass is 10.0. The molecule has 0 radical (unpaired) electrons. The molecule has 124 valence electrons. The van der Waals surface area contributed by atoms with Gasteiger partial charge in [-0.1, -0.05) is 6.92 Å². The van der Waals surface area contributed by atoms with E-state index in [2.05, 4.69) is 6.92 Å². The number of amides is 1. The van der Waals surface area contributed by atoms with E-state index in [0.29, 0.717) is 0 Å². The molecule has 5 nitrogen and oxygen atoms in total. The van der Waals surface area contributed by atoms with Crippen molar-refractivity contribution in [3.05, 3.63) is 0 Å². The first-order valence-corrected chi connectivity index (χ1v) is 7.93. The molecule has 5 heteroatoms. The standard InChI is InChI=1S/C16H31NO4/c1-7-13-12(10-8-9-11-18)17(16(5,6)20-13)14(19)21-15(2,3)4/h12-13,18H,7-11H2,1-6H3/t12-,13-/m0/s1. The monoisotopic (exact) mass is 301 g/mol. The molecule has 1 aliphatic heterocycles. The first-order chi connectivity index (χ1) is 9.62. The zero-order chi connectivity index (χ0) is 16.3. The van der Waals surface area contributed by atoms with Gasteiger partial charge in [-0.3, -0.25) is 4.90 Å². The van der Waals surface area contributed by atoms with Crippen molar-refractivity contribution < 1.29 is 19.4 Å². The fourth-order valence-electron chi connectivity index (χ4n) is 2.87. The van der Waals surface area contributed by atoms with Crippen LogP contribution in [0.2, 0.25) is 0 Å². The maximum atomic E-state index is 12.6. The largest absolute Gasteiger partial charge is 0.444 e. The number of aliphatic hydroxyl groups excluding tert-OH is 1. The first kappa shape index (κ1) is 18.2. The fraction of sp³-hybridized carbons (Fsp3) is 0.938. The summed E-state index contributed by atoms with van der Waals surface area (Å²) in [5.41, 5.74) is -1.18. The molecule has 0 aromatic heterocycles. The molecular formula is C16H31NO4. The molecule has 2 atom stereocenters. The molecule has 0 spiro atoms. The molecule has 21 heavy (non-hydrogen) atoms. The van der Waals surface area contributed by atoms with Gasteiger partial charge in [0.2, 0.25) is 0 Å². The van der Waals surface area contributed by atoms with Crippen LogP contribution < -0.4 is 0 Å². The minimum atomic E-state index is -0.660. The Kier molecular flexibility index (Phi) is 6.05. The lowest BCUT2D eigenvalue weighted by Gasteiger charge is -2.35. The molecule has 0 aromatic carbocycles. The van der Waals surface area contributed by atoms with Crippen molar-refractivity contribution in [1.29, 1.82) is 0 Å². The number of hydrogen-bond acceptors (Lipinski definition) is 4. The third-order valence-corrected chi connectivity index (χ3v) is 3.68. The SMILES string of the molecule is CC[C@@H]1OC(C)(C)N(C(=O)OC(C)(C)C)[C@H]1CCCCO. The average molecular weight is 301 g/mol. The Morgan fingerprint density at radius 2 is 1.95 bits per heavy atom. The normalized spacial score (nSPS) is 25.2. The van der Waals surface area contributed by atoms with Crippen molar-refractivity contribution in [2.24, 2.45) is 0 Å². The van der Waals surface area contributed by atoms with Gasteiger partial charge in [-0.05, 0) is 60.3 Å². The van der Waals surface area contributed by atoms with Gasteiger partial charge in [-0.2, -0.15) is 0 Å².